The van der Waals surface area contributed by atoms with Crippen LogP contribution in [0.1, 0.15) is 44.9 Å². The molecule has 114 valence electrons. The second-order valence-electron chi connectivity index (χ2n) is 6.09. The summed E-state index contributed by atoms with van der Waals surface area (Å²) in [5.41, 5.74) is 0. The molecule has 2 rings (SSSR count). The number of nitrogens with one attached hydrogen (secondary N) is 1. The zero-order valence-electron chi connectivity index (χ0n) is 12.1. The van der Waals surface area contributed by atoms with Gasteiger partial charge in [-0.1, -0.05) is 12.8 Å². The van der Waals surface area contributed by atoms with Crippen molar-refractivity contribution in [2.24, 2.45) is 11.8 Å². The van der Waals surface area contributed by atoms with Gasteiger partial charge in [-0.25, -0.2) is 0 Å². The predicted octanol–water partition coefficient (Wildman–Crippen LogP) is 1.48. The van der Waals surface area contributed by atoms with Crippen LogP contribution < -0.4 is 5.32 Å². The molecule has 1 saturated heterocycles. The van der Waals surface area contributed by atoms with Crippen molar-refractivity contribution in [1.82, 2.24) is 10.2 Å². The highest BCUT2D eigenvalue weighted by atomic mass is 16.4. The molecular formula is C15H26N2O3. The van der Waals surface area contributed by atoms with Crippen molar-refractivity contribution >= 4 is 11.9 Å². The van der Waals surface area contributed by atoms with E-state index in [0.29, 0.717) is 25.8 Å². The maximum absolute atomic E-state index is 12.0. The van der Waals surface area contributed by atoms with Crippen molar-refractivity contribution in [3.8, 4) is 0 Å². The molecule has 5 nitrogen and oxygen atoms in total. The summed E-state index contributed by atoms with van der Waals surface area (Å²) in [7, 11) is 0. The van der Waals surface area contributed by atoms with Crippen molar-refractivity contribution < 1.29 is 14.7 Å². The first kappa shape index (κ1) is 15.3. The van der Waals surface area contributed by atoms with Crippen LogP contribution in [0.2, 0.25) is 0 Å². The molecule has 5 heteroatoms. The summed E-state index contributed by atoms with van der Waals surface area (Å²) in [5, 5.41) is 11.9. The van der Waals surface area contributed by atoms with Crippen molar-refractivity contribution in [3.05, 3.63) is 0 Å². The number of likely N-dealkylation sites (tertiary alicyclic amines) is 1. The summed E-state index contributed by atoms with van der Waals surface area (Å²) in [6.07, 6.45) is 7.02. The quantitative estimate of drug-likeness (QED) is 0.801. The van der Waals surface area contributed by atoms with Gasteiger partial charge < -0.3 is 15.3 Å². The van der Waals surface area contributed by atoms with Crippen molar-refractivity contribution in [2.75, 3.05) is 26.2 Å². The lowest BCUT2D eigenvalue weighted by molar-refractivity contribution is -0.141. The number of carboxylic acid groups (broad SMARTS) is 1. The fourth-order valence-corrected chi connectivity index (χ4v) is 3.29. The van der Waals surface area contributed by atoms with Gasteiger partial charge in [0.15, 0.2) is 0 Å². The molecule has 2 N–H and O–H groups in total. The molecule has 1 heterocycles. The van der Waals surface area contributed by atoms with Crippen LogP contribution in [-0.4, -0.2) is 48.1 Å². The number of carbonyl (C=O) groups excluding carboxylic acids is 1. The minimum absolute atomic E-state index is 0.0450. The highest BCUT2D eigenvalue weighted by Gasteiger charge is 2.33. The van der Waals surface area contributed by atoms with E-state index in [4.69, 9.17) is 5.11 Å². The van der Waals surface area contributed by atoms with Gasteiger partial charge in [0.1, 0.15) is 0 Å². The van der Waals surface area contributed by atoms with Crippen LogP contribution in [0.4, 0.5) is 0 Å². The normalized spacial score (nSPS) is 28.0. The Hall–Kier alpha value is -1.10. The fourth-order valence-electron chi connectivity index (χ4n) is 3.29. The fraction of sp³-hybridized carbons (Fsp3) is 0.867. The summed E-state index contributed by atoms with van der Waals surface area (Å²) in [5.74, 6) is -1.13. The number of carbonyl (C=O) groups is 2. The molecule has 1 aliphatic heterocycles. The molecule has 2 atom stereocenters. The Kier molecular flexibility index (Phi) is 5.83. The first-order valence-electron chi connectivity index (χ1n) is 7.89. The van der Waals surface area contributed by atoms with Gasteiger partial charge >= 0.3 is 5.97 Å². The van der Waals surface area contributed by atoms with Crippen LogP contribution in [0.3, 0.4) is 0 Å². The third-order valence-corrected chi connectivity index (χ3v) is 4.58. The third-order valence-electron chi connectivity index (χ3n) is 4.58. The Morgan fingerprint density at radius 3 is 2.30 bits per heavy atom. The van der Waals surface area contributed by atoms with Crippen LogP contribution in [0.25, 0.3) is 0 Å². The monoisotopic (exact) mass is 282 g/mol. The van der Waals surface area contributed by atoms with Gasteiger partial charge in [0.2, 0.25) is 5.91 Å². The van der Waals surface area contributed by atoms with Crippen molar-refractivity contribution in [2.45, 2.75) is 44.9 Å². The molecule has 0 aromatic carbocycles. The molecule has 2 fully saturated rings. The van der Waals surface area contributed by atoms with Crippen LogP contribution in [0, 0.1) is 11.8 Å². The molecule has 1 aliphatic carbocycles. The Morgan fingerprint density at radius 1 is 1.05 bits per heavy atom. The first-order chi connectivity index (χ1) is 9.66. The van der Waals surface area contributed by atoms with Gasteiger partial charge in [-0.2, -0.15) is 0 Å². The number of amides is 1. The average molecular weight is 282 g/mol. The Balaban J connectivity index is 1.64. The molecule has 0 bridgehead atoms. The number of hydrogen-bond donors (Lipinski definition) is 2. The second-order valence-corrected chi connectivity index (χ2v) is 6.09. The SMILES string of the molecule is O=C(O)C1CCC(C(=O)NCCN2CCCCCC2)C1. The van der Waals surface area contributed by atoms with E-state index in [1.165, 1.54) is 25.7 Å². The summed E-state index contributed by atoms with van der Waals surface area (Å²) < 4.78 is 0. The lowest BCUT2D eigenvalue weighted by Crippen LogP contribution is -2.37. The third kappa shape index (κ3) is 4.47. The molecule has 20 heavy (non-hydrogen) atoms. The van der Waals surface area contributed by atoms with Gasteiger partial charge in [0, 0.05) is 19.0 Å². The lowest BCUT2D eigenvalue weighted by atomic mass is 10.0. The van der Waals surface area contributed by atoms with E-state index in [2.05, 4.69) is 10.2 Å². The van der Waals surface area contributed by atoms with E-state index in [1.807, 2.05) is 0 Å². The molecule has 0 spiro atoms. The number of aliphatic carboxylic acids is 1. The van der Waals surface area contributed by atoms with E-state index in [9.17, 15) is 9.59 Å². The van der Waals surface area contributed by atoms with E-state index in [1.54, 1.807) is 0 Å². The summed E-state index contributed by atoms with van der Waals surface area (Å²) >= 11 is 0. The Morgan fingerprint density at radius 2 is 1.70 bits per heavy atom. The molecule has 2 aliphatic rings. The van der Waals surface area contributed by atoms with Gasteiger partial charge in [-0.05, 0) is 45.2 Å². The van der Waals surface area contributed by atoms with Crippen LogP contribution in [-0.2, 0) is 9.59 Å². The minimum atomic E-state index is -0.759. The maximum atomic E-state index is 12.0. The molecule has 0 aromatic rings. The van der Waals surface area contributed by atoms with Gasteiger partial charge in [0.05, 0.1) is 5.92 Å². The second kappa shape index (κ2) is 7.62. The van der Waals surface area contributed by atoms with Crippen LogP contribution >= 0.6 is 0 Å². The summed E-state index contributed by atoms with van der Waals surface area (Å²) in [4.78, 5) is 25.3. The average Bonchev–Trinajstić information content (AvgIpc) is 2.78. The minimum Gasteiger partial charge on any atom is -0.481 e. The van der Waals surface area contributed by atoms with Crippen LogP contribution in [0.5, 0.6) is 0 Å². The maximum Gasteiger partial charge on any atom is 0.306 e. The van der Waals surface area contributed by atoms with E-state index >= 15 is 0 Å². The zero-order valence-corrected chi connectivity index (χ0v) is 12.1. The largest absolute Gasteiger partial charge is 0.481 e. The molecule has 0 aromatic heterocycles. The highest BCUT2D eigenvalue weighted by molar-refractivity contribution is 5.80. The number of hydrogen-bond acceptors (Lipinski definition) is 3. The van der Waals surface area contributed by atoms with E-state index in [0.717, 1.165) is 19.6 Å². The predicted molar refractivity (Wildman–Crippen MR) is 76.4 cm³/mol. The lowest BCUT2D eigenvalue weighted by Gasteiger charge is -2.20. The van der Waals surface area contributed by atoms with Gasteiger partial charge in [-0.3, -0.25) is 9.59 Å². The van der Waals surface area contributed by atoms with E-state index < -0.39 is 5.97 Å². The number of carboxylic acids is 1. The van der Waals surface area contributed by atoms with Crippen molar-refractivity contribution in [1.29, 1.82) is 0 Å². The molecule has 1 amide bonds. The first-order valence-corrected chi connectivity index (χ1v) is 7.89. The van der Waals surface area contributed by atoms with Crippen LogP contribution in [0.15, 0.2) is 0 Å². The Bertz CT molecular complexity index is 338. The molecule has 0 radical (unpaired) electrons. The smallest absolute Gasteiger partial charge is 0.306 e. The zero-order chi connectivity index (χ0) is 14.4. The molecule has 1 saturated carbocycles. The van der Waals surface area contributed by atoms with Gasteiger partial charge in [-0.15, -0.1) is 0 Å². The summed E-state index contributed by atoms with van der Waals surface area (Å²) in [6.45, 7) is 3.88. The number of rotatable bonds is 5. The summed E-state index contributed by atoms with van der Waals surface area (Å²) in [6, 6.07) is 0. The van der Waals surface area contributed by atoms with Crippen molar-refractivity contribution in [3.63, 3.8) is 0 Å². The van der Waals surface area contributed by atoms with Gasteiger partial charge in [0.25, 0.3) is 0 Å². The Labute approximate surface area is 120 Å². The van der Waals surface area contributed by atoms with E-state index in [-0.39, 0.29) is 17.7 Å². The molecular weight excluding hydrogens is 256 g/mol. The highest BCUT2D eigenvalue weighted by Crippen LogP contribution is 2.30. The molecule has 2 unspecified atom stereocenters. The topological polar surface area (TPSA) is 69.6 Å². The number of nitrogens with zero attached hydrogens (tertiary/aromatic N) is 1. The standard InChI is InChI=1S/C15H26N2O3/c18-14(12-5-6-13(11-12)15(19)20)16-7-10-17-8-3-1-2-4-9-17/h12-13H,1-11H2,(H,16,18)(H,19,20).